The number of rotatable bonds is 2. The number of hydrogen-bond donors (Lipinski definition) is 0. The summed E-state index contributed by atoms with van der Waals surface area (Å²) < 4.78 is 55.9. The van der Waals surface area contributed by atoms with Crippen molar-refractivity contribution in [2.75, 3.05) is 0 Å². The Morgan fingerprint density at radius 3 is 2.27 bits per heavy atom. The molecule has 0 aliphatic heterocycles. The standard InChI is InChI=1S/C17H13F4.Li/c1-2-3-11-8-10-5-4-9-6-7-12(18)16(20)13(9)14(10)17(21)15(11)19;/h6,8H,2-5H2,1H3;/q-1;+1. The molecular formula is C17H13F4Li. The van der Waals surface area contributed by atoms with Crippen LogP contribution < -0.4 is 18.9 Å². The minimum atomic E-state index is -1.17. The SMILES string of the molecule is CCCc1cc2c(c(F)c1F)-c1c(c[c-]c(F)c1F)CC2.[Li+]. The van der Waals surface area contributed by atoms with Gasteiger partial charge in [0.05, 0.1) is 5.82 Å². The second-order valence-electron chi connectivity index (χ2n) is 5.26. The molecule has 0 aromatic heterocycles. The number of hydrogen-bond acceptors (Lipinski definition) is 0. The molecule has 1 aliphatic rings. The van der Waals surface area contributed by atoms with E-state index in [-0.39, 0.29) is 30.0 Å². The summed E-state index contributed by atoms with van der Waals surface area (Å²) in [6.07, 6.45) is 2.05. The van der Waals surface area contributed by atoms with E-state index in [1.54, 1.807) is 6.07 Å². The number of aryl methyl sites for hydroxylation is 3. The van der Waals surface area contributed by atoms with Gasteiger partial charge in [-0.15, -0.1) is 11.6 Å². The minimum Gasteiger partial charge on any atom is -0.281 e. The van der Waals surface area contributed by atoms with E-state index in [0.29, 0.717) is 42.4 Å². The molecule has 1 aliphatic carbocycles. The summed E-state index contributed by atoms with van der Waals surface area (Å²) >= 11 is 0. The molecule has 0 fully saturated rings. The van der Waals surface area contributed by atoms with Crippen molar-refractivity contribution in [3.63, 3.8) is 0 Å². The average Bonchev–Trinajstić information content (AvgIpc) is 2.48. The number of benzene rings is 2. The molecule has 0 saturated carbocycles. The fourth-order valence-electron chi connectivity index (χ4n) is 2.93. The van der Waals surface area contributed by atoms with Gasteiger partial charge in [-0.05, 0) is 24.0 Å². The van der Waals surface area contributed by atoms with Crippen LogP contribution in [0.25, 0.3) is 11.1 Å². The summed E-state index contributed by atoms with van der Waals surface area (Å²) in [7, 11) is 0. The molecule has 110 valence electrons. The molecule has 0 bridgehead atoms. The van der Waals surface area contributed by atoms with Gasteiger partial charge < -0.3 is 0 Å². The molecule has 0 nitrogen and oxygen atoms in total. The second-order valence-corrected chi connectivity index (χ2v) is 5.26. The Kier molecular flexibility index (Phi) is 5.04. The zero-order valence-electron chi connectivity index (χ0n) is 12.5. The predicted molar refractivity (Wildman–Crippen MR) is 71.9 cm³/mol. The molecule has 0 unspecified atom stereocenters. The smallest absolute Gasteiger partial charge is 0.281 e. The summed E-state index contributed by atoms with van der Waals surface area (Å²) in [5.41, 5.74) is 0.990. The summed E-state index contributed by atoms with van der Waals surface area (Å²) in [5.74, 6) is -4.37. The van der Waals surface area contributed by atoms with Gasteiger partial charge in [0.2, 0.25) is 0 Å². The van der Waals surface area contributed by atoms with Gasteiger partial charge in [-0.25, -0.2) is 13.2 Å². The average molecular weight is 300 g/mol. The zero-order valence-corrected chi connectivity index (χ0v) is 12.5. The molecule has 0 radical (unpaired) electrons. The van der Waals surface area contributed by atoms with Gasteiger partial charge >= 0.3 is 18.9 Å². The maximum atomic E-state index is 14.4. The fraction of sp³-hybridized carbons (Fsp3) is 0.294. The van der Waals surface area contributed by atoms with Crippen LogP contribution in [-0.4, -0.2) is 0 Å². The largest absolute Gasteiger partial charge is 1.00 e. The van der Waals surface area contributed by atoms with Crippen molar-refractivity contribution in [2.45, 2.75) is 32.6 Å². The van der Waals surface area contributed by atoms with Gasteiger partial charge in [0.1, 0.15) is 0 Å². The third kappa shape index (κ3) is 2.59. The van der Waals surface area contributed by atoms with E-state index in [2.05, 4.69) is 6.07 Å². The van der Waals surface area contributed by atoms with Gasteiger partial charge in [-0.2, -0.15) is 6.07 Å². The van der Waals surface area contributed by atoms with Crippen LogP contribution in [0.15, 0.2) is 12.1 Å². The normalized spacial score (nSPS) is 12.4. The van der Waals surface area contributed by atoms with E-state index in [1.807, 2.05) is 6.92 Å². The van der Waals surface area contributed by atoms with E-state index >= 15 is 0 Å². The van der Waals surface area contributed by atoms with Gasteiger partial charge in [0, 0.05) is 11.4 Å². The molecule has 0 N–H and O–H groups in total. The molecular weight excluding hydrogens is 287 g/mol. The maximum Gasteiger partial charge on any atom is 1.00 e. The third-order valence-electron chi connectivity index (χ3n) is 3.90. The minimum absolute atomic E-state index is 0. The Labute approximate surface area is 138 Å². The third-order valence-corrected chi connectivity index (χ3v) is 3.90. The molecule has 2 aromatic rings. The van der Waals surface area contributed by atoms with Gasteiger partial charge in [0.25, 0.3) is 0 Å². The van der Waals surface area contributed by atoms with Crippen LogP contribution in [0.1, 0.15) is 30.0 Å². The van der Waals surface area contributed by atoms with Crippen LogP contribution in [0.4, 0.5) is 17.6 Å². The maximum absolute atomic E-state index is 14.4. The Morgan fingerprint density at radius 2 is 1.59 bits per heavy atom. The van der Waals surface area contributed by atoms with Gasteiger partial charge in [-0.3, -0.25) is 4.39 Å². The second kappa shape index (κ2) is 6.48. The van der Waals surface area contributed by atoms with Crippen LogP contribution in [0.5, 0.6) is 0 Å². The summed E-state index contributed by atoms with van der Waals surface area (Å²) in [6, 6.07) is 5.06. The Balaban J connectivity index is 0.00000176. The number of fused-ring (bicyclic) bond motifs is 3. The molecule has 0 atom stereocenters. The molecule has 0 saturated heterocycles. The van der Waals surface area contributed by atoms with Crippen LogP contribution in [0, 0.1) is 29.3 Å². The van der Waals surface area contributed by atoms with Crippen LogP contribution in [0.3, 0.4) is 0 Å². The van der Waals surface area contributed by atoms with E-state index < -0.39 is 23.3 Å². The van der Waals surface area contributed by atoms with Crippen molar-refractivity contribution >= 4 is 0 Å². The summed E-state index contributed by atoms with van der Waals surface area (Å²) in [6.45, 7) is 1.87. The predicted octanol–water partition coefficient (Wildman–Crippen LogP) is 1.77. The van der Waals surface area contributed by atoms with Crippen molar-refractivity contribution in [3.8, 4) is 11.1 Å². The molecule has 0 spiro atoms. The first-order chi connectivity index (χ1) is 10.0. The Bertz CT molecular complexity index is 725. The van der Waals surface area contributed by atoms with Gasteiger partial charge in [-0.1, -0.05) is 31.4 Å². The first-order valence-corrected chi connectivity index (χ1v) is 6.93. The molecule has 0 amide bonds. The van der Waals surface area contributed by atoms with E-state index in [9.17, 15) is 17.6 Å². The van der Waals surface area contributed by atoms with Crippen molar-refractivity contribution in [1.29, 1.82) is 0 Å². The summed E-state index contributed by atoms with van der Waals surface area (Å²) in [4.78, 5) is 0. The first kappa shape index (κ1) is 17.1. The molecule has 5 heteroatoms. The van der Waals surface area contributed by atoms with E-state index in [1.165, 1.54) is 6.07 Å². The monoisotopic (exact) mass is 300 g/mol. The van der Waals surface area contributed by atoms with Crippen LogP contribution in [0.2, 0.25) is 0 Å². The quantitative estimate of drug-likeness (QED) is 0.450. The van der Waals surface area contributed by atoms with Crippen molar-refractivity contribution in [3.05, 3.63) is 58.2 Å². The van der Waals surface area contributed by atoms with E-state index in [4.69, 9.17) is 0 Å². The zero-order chi connectivity index (χ0) is 15.1. The molecule has 22 heavy (non-hydrogen) atoms. The van der Waals surface area contributed by atoms with Crippen molar-refractivity contribution in [2.24, 2.45) is 0 Å². The number of halogens is 4. The van der Waals surface area contributed by atoms with E-state index in [0.717, 1.165) is 0 Å². The van der Waals surface area contributed by atoms with Crippen LogP contribution >= 0.6 is 0 Å². The van der Waals surface area contributed by atoms with Crippen molar-refractivity contribution < 1.29 is 36.4 Å². The topological polar surface area (TPSA) is 0 Å². The Morgan fingerprint density at radius 1 is 0.955 bits per heavy atom. The molecule has 3 rings (SSSR count). The molecule has 2 aromatic carbocycles. The van der Waals surface area contributed by atoms with Gasteiger partial charge in [0.15, 0.2) is 11.6 Å². The fourth-order valence-corrected chi connectivity index (χ4v) is 2.93. The van der Waals surface area contributed by atoms with Crippen LogP contribution in [-0.2, 0) is 19.3 Å². The summed E-state index contributed by atoms with van der Waals surface area (Å²) in [5, 5.41) is 0. The molecule has 0 heterocycles. The Hall–Kier alpha value is -1.24. The first-order valence-electron chi connectivity index (χ1n) is 6.93. The van der Waals surface area contributed by atoms with Crippen molar-refractivity contribution in [1.82, 2.24) is 0 Å².